The summed E-state index contributed by atoms with van der Waals surface area (Å²) in [6, 6.07) is 1.88. The van der Waals surface area contributed by atoms with Crippen molar-refractivity contribution in [2.45, 2.75) is 46.3 Å². The Hall–Kier alpha value is -0.910. The fraction of sp³-hybridized carbons (Fsp3) is 0.786. The number of hydrogen-bond acceptors (Lipinski definition) is 5. The van der Waals surface area contributed by atoms with Crippen LogP contribution in [0.25, 0.3) is 0 Å². The minimum atomic E-state index is -0.483. The SMILES string of the molecule is Cc1cc(CNCC(O)COCCCC(C)C)on1. The van der Waals surface area contributed by atoms with Gasteiger partial charge in [-0.3, -0.25) is 0 Å². The van der Waals surface area contributed by atoms with Gasteiger partial charge in [0.2, 0.25) is 0 Å². The third-order valence-corrected chi connectivity index (χ3v) is 2.74. The maximum atomic E-state index is 9.71. The van der Waals surface area contributed by atoms with Crippen molar-refractivity contribution in [2.24, 2.45) is 5.92 Å². The van der Waals surface area contributed by atoms with Crippen LogP contribution in [0.4, 0.5) is 0 Å². The fourth-order valence-electron chi connectivity index (χ4n) is 1.73. The largest absolute Gasteiger partial charge is 0.389 e. The van der Waals surface area contributed by atoms with Gasteiger partial charge in [-0.05, 0) is 25.7 Å². The zero-order chi connectivity index (χ0) is 14.1. The molecule has 1 aromatic heterocycles. The Balaban J connectivity index is 1.97. The Morgan fingerprint density at radius 2 is 2.26 bits per heavy atom. The van der Waals surface area contributed by atoms with E-state index in [2.05, 4.69) is 24.3 Å². The molecular weight excluding hydrogens is 244 g/mol. The van der Waals surface area contributed by atoms with Crippen LogP contribution in [0.1, 0.15) is 38.1 Å². The highest BCUT2D eigenvalue weighted by Gasteiger charge is 2.05. The first-order valence-corrected chi connectivity index (χ1v) is 6.96. The number of aromatic nitrogens is 1. The molecule has 0 aliphatic rings. The molecule has 2 N–H and O–H groups in total. The van der Waals surface area contributed by atoms with E-state index < -0.39 is 6.10 Å². The third-order valence-electron chi connectivity index (χ3n) is 2.74. The van der Waals surface area contributed by atoms with Crippen LogP contribution in [0.2, 0.25) is 0 Å². The van der Waals surface area contributed by atoms with Gasteiger partial charge in [0.05, 0.1) is 24.9 Å². The van der Waals surface area contributed by atoms with Gasteiger partial charge in [-0.15, -0.1) is 0 Å². The number of aryl methyl sites for hydroxylation is 1. The molecule has 19 heavy (non-hydrogen) atoms. The van der Waals surface area contributed by atoms with E-state index in [1.807, 2.05) is 13.0 Å². The molecule has 5 nitrogen and oxygen atoms in total. The summed E-state index contributed by atoms with van der Waals surface area (Å²) in [5.41, 5.74) is 0.867. The molecule has 0 amide bonds. The van der Waals surface area contributed by atoms with E-state index in [1.54, 1.807) is 0 Å². The molecule has 1 aromatic rings. The Kier molecular flexibility index (Phi) is 7.70. The van der Waals surface area contributed by atoms with Gasteiger partial charge in [0.1, 0.15) is 0 Å². The molecule has 5 heteroatoms. The lowest BCUT2D eigenvalue weighted by atomic mass is 10.1. The minimum Gasteiger partial charge on any atom is -0.389 e. The molecule has 1 heterocycles. The average molecular weight is 270 g/mol. The van der Waals surface area contributed by atoms with Crippen LogP contribution in [-0.4, -0.2) is 36.1 Å². The maximum Gasteiger partial charge on any atom is 0.150 e. The number of ether oxygens (including phenoxy) is 1. The van der Waals surface area contributed by atoms with E-state index in [4.69, 9.17) is 9.26 Å². The molecule has 0 aliphatic heterocycles. The van der Waals surface area contributed by atoms with Crippen LogP contribution in [0.5, 0.6) is 0 Å². The molecule has 0 saturated carbocycles. The standard InChI is InChI=1S/C14H26N2O3/c1-11(2)5-4-6-18-10-13(17)8-15-9-14-7-12(3)16-19-14/h7,11,13,15,17H,4-6,8-10H2,1-3H3. The first-order valence-electron chi connectivity index (χ1n) is 6.96. The first-order chi connectivity index (χ1) is 9.08. The lowest BCUT2D eigenvalue weighted by Crippen LogP contribution is -2.30. The molecule has 1 rings (SSSR count). The van der Waals surface area contributed by atoms with Gasteiger partial charge in [0.25, 0.3) is 0 Å². The molecule has 0 bridgehead atoms. The Morgan fingerprint density at radius 1 is 1.47 bits per heavy atom. The molecule has 0 saturated heterocycles. The van der Waals surface area contributed by atoms with Crippen LogP contribution >= 0.6 is 0 Å². The van der Waals surface area contributed by atoms with E-state index in [-0.39, 0.29) is 0 Å². The Labute approximate surface area is 115 Å². The second kappa shape index (κ2) is 9.07. The number of aliphatic hydroxyl groups is 1. The van der Waals surface area contributed by atoms with E-state index in [1.165, 1.54) is 6.42 Å². The van der Waals surface area contributed by atoms with Crippen molar-refractivity contribution >= 4 is 0 Å². The van der Waals surface area contributed by atoms with Gasteiger partial charge >= 0.3 is 0 Å². The van der Waals surface area contributed by atoms with Gasteiger partial charge in [-0.1, -0.05) is 19.0 Å². The highest BCUT2D eigenvalue weighted by atomic mass is 16.5. The molecule has 0 spiro atoms. The normalized spacial score (nSPS) is 13.1. The molecule has 110 valence electrons. The van der Waals surface area contributed by atoms with Crippen LogP contribution in [0.3, 0.4) is 0 Å². The van der Waals surface area contributed by atoms with Gasteiger partial charge < -0.3 is 19.7 Å². The number of nitrogens with one attached hydrogen (secondary N) is 1. The Morgan fingerprint density at radius 3 is 2.89 bits per heavy atom. The Bertz CT molecular complexity index is 339. The number of nitrogens with zero attached hydrogens (tertiary/aromatic N) is 1. The summed E-state index contributed by atoms with van der Waals surface area (Å²) in [4.78, 5) is 0. The van der Waals surface area contributed by atoms with Crippen molar-refractivity contribution in [1.29, 1.82) is 0 Å². The van der Waals surface area contributed by atoms with Crippen molar-refractivity contribution in [3.8, 4) is 0 Å². The summed E-state index contributed by atoms with van der Waals surface area (Å²) in [6.07, 6.45) is 1.73. The summed E-state index contributed by atoms with van der Waals surface area (Å²) >= 11 is 0. The van der Waals surface area contributed by atoms with Gasteiger partial charge in [-0.2, -0.15) is 0 Å². The molecule has 0 aliphatic carbocycles. The lowest BCUT2D eigenvalue weighted by Gasteiger charge is -2.12. The average Bonchev–Trinajstić information content (AvgIpc) is 2.74. The molecule has 1 unspecified atom stereocenters. The summed E-state index contributed by atoms with van der Waals surface area (Å²) in [6.45, 7) is 8.44. The summed E-state index contributed by atoms with van der Waals surface area (Å²) in [5.74, 6) is 1.49. The van der Waals surface area contributed by atoms with Crippen molar-refractivity contribution in [3.05, 3.63) is 17.5 Å². The van der Waals surface area contributed by atoms with Crippen LogP contribution in [-0.2, 0) is 11.3 Å². The van der Waals surface area contributed by atoms with Crippen molar-refractivity contribution in [2.75, 3.05) is 19.8 Å². The van der Waals surface area contributed by atoms with Crippen LogP contribution in [0.15, 0.2) is 10.6 Å². The number of aliphatic hydroxyl groups excluding tert-OH is 1. The molecule has 1 atom stereocenters. The molecular formula is C14H26N2O3. The summed E-state index contributed by atoms with van der Waals surface area (Å²) in [5, 5.41) is 16.6. The van der Waals surface area contributed by atoms with E-state index in [0.717, 1.165) is 24.5 Å². The predicted molar refractivity (Wildman–Crippen MR) is 73.8 cm³/mol. The van der Waals surface area contributed by atoms with E-state index in [9.17, 15) is 5.11 Å². The van der Waals surface area contributed by atoms with Crippen molar-refractivity contribution in [1.82, 2.24) is 10.5 Å². The van der Waals surface area contributed by atoms with E-state index >= 15 is 0 Å². The molecule has 0 aromatic carbocycles. The summed E-state index contributed by atoms with van der Waals surface area (Å²) < 4.78 is 10.5. The third kappa shape index (κ3) is 7.97. The smallest absolute Gasteiger partial charge is 0.150 e. The quantitative estimate of drug-likeness (QED) is 0.635. The van der Waals surface area contributed by atoms with Gasteiger partial charge in [0, 0.05) is 19.2 Å². The second-order valence-electron chi connectivity index (χ2n) is 5.33. The monoisotopic (exact) mass is 270 g/mol. The first kappa shape index (κ1) is 16.1. The minimum absolute atomic E-state index is 0.376. The molecule has 0 radical (unpaired) electrons. The van der Waals surface area contributed by atoms with Crippen molar-refractivity contribution < 1.29 is 14.4 Å². The fourth-order valence-corrected chi connectivity index (χ4v) is 1.73. The van der Waals surface area contributed by atoms with E-state index in [0.29, 0.717) is 25.6 Å². The second-order valence-corrected chi connectivity index (χ2v) is 5.33. The topological polar surface area (TPSA) is 67.5 Å². The highest BCUT2D eigenvalue weighted by molar-refractivity contribution is 5.02. The zero-order valence-corrected chi connectivity index (χ0v) is 12.2. The van der Waals surface area contributed by atoms with Gasteiger partial charge in [0.15, 0.2) is 5.76 Å². The number of hydrogen-bond donors (Lipinski definition) is 2. The lowest BCUT2D eigenvalue weighted by molar-refractivity contribution is 0.0344. The molecule has 0 fully saturated rings. The zero-order valence-electron chi connectivity index (χ0n) is 12.2. The van der Waals surface area contributed by atoms with Crippen LogP contribution < -0.4 is 5.32 Å². The van der Waals surface area contributed by atoms with Crippen LogP contribution in [0, 0.1) is 12.8 Å². The predicted octanol–water partition coefficient (Wildman–Crippen LogP) is 1.89. The number of rotatable bonds is 10. The highest BCUT2D eigenvalue weighted by Crippen LogP contribution is 2.03. The maximum absolute atomic E-state index is 9.71. The van der Waals surface area contributed by atoms with Gasteiger partial charge in [-0.25, -0.2) is 0 Å². The summed E-state index contributed by atoms with van der Waals surface area (Å²) in [7, 11) is 0. The van der Waals surface area contributed by atoms with Crippen molar-refractivity contribution in [3.63, 3.8) is 0 Å².